The molecule has 0 aliphatic rings. The van der Waals surface area contributed by atoms with Gasteiger partial charge in [0, 0.05) is 11.8 Å². The maximum absolute atomic E-state index is 11.4. The number of aromatic amines is 1. The van der Waals surface area contributed by atoms with Crippen molar-refractivity contribution in [3.63, 3.8) is 0 Å². The number of hydrogen-bond donors (Lipinski definition) is 3. The van der Waals surface area contributed by atoms with E-state index in [0.29, 0.717) is 0 Å². The van der Waals surface area contributed by atoms with Gasteiger partial charge in [-0.15, -0.1) is 0 Å². The summed E-state index contributed by atoms with van der Waals surface area (Å²) in [5.41, 5.74) is 0.665. The van der Waals surface area contributed by atoms with Gasteiger partial charge in [0.2, 0.25) is 0 Å². The number of aliphatic hydroxyl groups excluding tert-OH is 1. The van der Waals surface area contributed by atoms with E-state index in [1.54, 1.807) is 0 Å². The summed E-state index contributed by atoms with van der Waals surface area (Å²) in [6, 6.07) is 8.66. The second-order valence-corrected chi connectivity index (χ2v) is 3.88. The molecule has 2 rings (SSSR count). The Morgan fingerprint density at radius 2 is 1.94 bits per heavy atom. The van der Waals surface area contributed by atoms with Crippen molar-refractivity contribution in [1.82, 2.24) is 9.55 Å². The zero-order valence-electron chi connectivity index (χ0n) is 9.80. The van der Waals surface area contributed by atoms with E-state index >= 15 is 0 Å². The number of aromatic nitrogens is 2. The maximum Gasteiger partial charge on any atom is 0.331 e. The molecule has 2 aromatic rings. The summed E-state index contributed by atoms with van der Waals surface area (Å²) in [7, 11) is 0. The van der Waals surface area contributed by atoms with Gasteiger partial charge in [-0.2, -0.15) is 0 Å². The fraction of sp³-hybridized carbons (Fsp3) is 0.167. The lowest BCUT2D eigenvalue weighted by Crippen LogP contribution is -2.31. The van der Waals surface area contributed by atoms with Crippen LogP contribution in [-0.4, -0.2) is 14.7 Å². The molecule has 0 radical (unpaired) electrons. The molecule has 0 unspecified atom stereocenters. The first kappa shape index (κ1) is 12.1. The topological polar surface area (TPSA) is 87.1 Å². The number of rotatable bonds is 3. The highest BCUT2D eigenvalue weighted by Crippen LogP contribution is 2.14. The molecule has 0 spiro atoms. The third-order valence-corrected chi connectivity index (χ3v) is 2.50. The van der Waals surface area contributed by atoms with Crippen LogP contribution in [-0.2, 0) is 6.73 Å². The van der Waals surface area contributed by atoms with Gasteiger partial charge in [0.15, 0.2) is 0 Å². The third-order valence-electron chi connectivity index (χ3n) is 2.50. The van der Waals surface area contributed by atoms with E-state index in [1.807, 2.05) is 31.2 Å². The molecule has 6 nitrogen and oxygen atoms in total. The number of nitrogens with zero attached hydrogens (tertiary/aromatic N) is 1. The highest BCUT2D eigenvalue weighted by Gasteiger charge is 2.05. The monoisotopic (exact) mass is 247 g/mol. The molecule has 0 aliphatic heterocycles. The quantitative estimate of drug-likeness (QED) is 0.738. The van der Waals surface area contributed by atoms with Crippen molar-refractivity contribution >= 4 is 11.5 Å². The summed E-state index contributed by atoms with van der Waals surface area (Å²) in [6.45, 7) is 1.45. The first-order valence-electron chi connectivity index (χ1n) is 5.39. The number of aryl methyl sites for hydroxylation is 1. The van der Waals surface area contributed by atoms with Crippen LogP contribution in [0.5, 0.6) is 0 Å². The fourth-order valence-corrected chi connectivity index (χ4v) is 1.55. The Bertz CT molecular complexity index is 656. The van der Waals surface area contributed by atoms with E-state index in [0.717, 1.165) is 15.8 Å². The van der Waals surface area contributed by atoms with Crippen LogP contribution in [0.3, 0.4) is 0 Å². The van der Waals surface area contributed by atoms with Crippen molar-refractivity contribution in [2.75, 3.05) is 5.32 Å². The van der Waals surface area contributed by atoms with Crippen LogP contribution in [0.25, 0.3) is 0 Å². The Labute approximate surface area is 103 Å². The van der Waals surface area contributed by atoms with Crippen LogP contribution in [0.2, 0.25) is 0 Å². The molecule has 0 amide bonds. The SMILES string of the molecule is Cc1ccc(Nc2cc(=O)[nH]c(=O)n2CO)cc1. The lowest BCUT2D eigenvalue weighted by atomic mass is 10.2. The van der Waals surface area contributed by atoms with Gasteiger partial charge in [0.05, 0.1) is 0 Å². The van der Waals surface area contributed by atoms with Crippen LogP contribution < -0.4 is 16.6 Å². The van der Waals surface area contributed by atoms with Gasteiger partial charge in [-0.25, -0.2) is 4.79 Å². The molecule has 6 heteroatoms. The molecule has 0 fully saturated rings. The predicted octanol–water partition coefficient (Wildman–Crippen LogP) is 0.538. The number of hydrogen-bond acceptors (Lipinski definition) is 4. The average molecular weight is 247 g/mol. The predicted molar refractivity (Wildman–Crippen MR) is 68.0 cm³/mol. The Morgan fingerprint density at radius 3 is 2.56 bits per heavy atom. The number of nitrogens with one attached hydrogen (secondary N) is 2. The highest BCUT2D eigenvalue weighted by molar-refractivity contribution is 5.56. The molecule has 1 heterocycles. The minimum absolute atomic E-state index is 0.245. The van der Waals surface area contributed by atoms with Gasteiger partial charge >= 0.3 is 5.69 Å². The normalized spacial score (nSPS) is 10.3. The van der Waals surface area contributed by atoms with Gasteiger partial charge in [0.1, 0.15) is 12.5 Å². The number of aliphatic hydroxyl groups is 1. The number of H-pyrrole nitrogens is 1. The minimum atomic E-state index is -0.653. The summed E-state index contributed by atoms with van der Waals surface area (Å²) in [4.78, 5) is 24.8. The van der Waals surface area contributed by atoms with Crippen molar-refractivity contribution in [1.29, 1.82) is 0 Å². The van der Waals surface area contributed by atoms with Crippen LogP contribution in [0.15, 0.2) is 39.9 Å². The molecular formula is C12H13N3O3. The van der Waals surface area contributed by atoms with Gasteiger partial charge in [0.25, 0.3) is 5.56 Å². The minimum Gasteiger partial charge on any atom is -0.376 e. The molecule has 3 N–H and O–H groups in total. The Kier molecular flexibility index (Phi) is 3.29. The van der Waals surface area contributed by atoms with Gasteiger partial charge in [-0.3, -0.25) is 14.3 Å². The van der Waals surface area contributed by atoms with Gasteiger partial charge < -0.3 is 10.4 Å². The van der Waals surface area contributed by atoms with E-state index in [1.165, 1.54) is 6.07 Å². The molecule has 0 bridgehead atoms. The third kappa shape index (κ3) is 2.49. The van der Waals surface area contributed by atoms with Crippen molar-refractivity contribution in [3.8, 4) is 0 Å². The number of benzene rings is 1. The molecule has 0 saturated heterocycles. The molecule has 1 aromatic carbocycles. The maximum atomic E-state index is 11.4. The lowest BCUT2D eigenvalue weighted by molar-refractivity contribution is 0.206. The van der Waals surface area contributed by atoms with E-state index in [9.17, 15) is 9.59 Å². The van der Waals surface area contributed by atoms with Crippen molar-refractivity contribution in [3.05, 3.63) is 56.7 Å². The zero-order valence-corrected chi connectivity index (χ0v) is 9.80. The fourth-order valence-electron chi connectivity index (χ4n) is 1.55. The molecule has 0 aliphatic carbocycles. The summed E-state index contributed by atoms with van der Waals surface area (Å²) in [6.07, 6.45) is 0. The smallest absolute Gasteiger partial charge is 0.331 e. The molecule has 0 saturated carbocycles. The summed E-state index contributed by atoms with van der Waals surface area (Å²) < 4.78 is 1.03. The molecule has 0 atom stereocenters. The highest BCUT2D eigenvalue weighted by atomic mass is 16.3. The van der Waals surface area contributed by atoms with E-state index in [-0.39, 0.29) is 5.82 Å². The van der Waals surface area contributed by atoms with Crippen molar-refractivity contribution < 1.29 is 5.11 Å². The first-order chi connectivity index (χ1) is 8.60. The molecular weight excluding hydrogens is 234 g/mol. The second kappa shape index (κ2) is 4.89. The Morgan fingerprint density at radius 1 is 1.28 bits per heavy atom. The Hall–Kier alpha value is -2.34. The molecule has 94 valence electrons. The summed E-state index contributed by atoms with van der Waals surface area (Å²) in [5, 5.41) is 12.0. The summed E-state index contributed by atoms with van der Waals surface area (Å²) in [5.74, 6) is 0.245. The van der Waals surface area contributed by atoms with Crippen LogP contribution >= 0.6 is 0 Å². The van der Waals surface area contributed by atoms with E-state index in [2.05, 4.69) is 10.3 Å². The van der Waals surface area contributed by atoms with Crippen LogP contribution in [0.4, 0.5) is 11.5 Å². The van der Waals surface area contributed by atoms with Crippen molar-refractivity contribution in [2.45, 2.75) is 13.7 Å². The van der Waals surface area contributed by atoms with Gasteiger partial charge in [-0.05, 0) is 19.1 Å². The van der Waals surface area contributed by atoms with Crippen molar-refractivity contribution in [2.24, 2.45) is 0 Å². The van der Waals surface area contributed by atoms with E-state index in [4.69, 9.17) is 5.11 Å². The number of anilines is 2. The molecule has 18 heavy (non-hydrogen) atoms. The van der Waals surface area contributed by atoms with Crippen LogP contribution in [0.1, 0.15) is 5.56 Å². The largest absolute Gasteiger partial charge is 0.376 e. The summed E-state index contributed by atoms with van der Waals surface area (Å²) >= 11 is 0. The first-order valence-corrected chi connectivity index (χ1v) is 5.39. The van der Waals surface area contributed by atoms with Gasteiger partial charge in [-0.1, -0.05) is 17.7 Å². The standard InChI is InChI=1S/C12H13N3O3/c1-8-2-4-9(5-3-8)13-10-6-11(17)14-12(18)15(10)7-16/h2-6,13,16H,7H2,1H3,(H,14,17,18). The zero-order chi connectivity index (χ0) is 13.1. The van der Waals surface area contributed by atoms with E-state index < -0.39 is 18.0 Å². The Balaban J connectivity index is 2.42. The lowest BCUT2D eigenvalue weighted by Gasteiger charge is -2.11. The van der Waals surface area contributed by atoms with Crippen LogP contribution in [0, 0.1) is 6.92 Å². The molecule has 1 aromatic heterocycles. The second-order valence-electron chi connectivity index (χ2n) is 3.88. The average Bonchev–Trinajstić information content (AvgIpc) is 2.32.